The fourth-order valence-corrected chi connectivity index (χ4v) is 4.06. The highest BCUT2D eigenvalue weighted by atomic mass is 32.2. The van der Waals surface area contributed by atoms with Crippen molar-refractivity contribution in [2.45, 2.75) is 26.3 Å². The van der Waals surface area contributed by atoms with Gasteiger partial charge in [0, 0.05) is 24.2 Å². The van der Waals surface area contributed by atoms with Crippen LogP contribution in [0.2, 0.25) is 0 Å². The summed E-state index contributed by atoms with van der Waals surface area (Å²) >= 11 is 2.05. The summed E-state index contributed by atoms with van der Waals surface area (Å²) in [6.07, 6.45) is 5.02. The molecule has 3 rings (SSSR count). The first-order valence-electron chi connectivity index (χ1n) is 7.07. The molecule has 1 aromatic heterocycles. The Kier molecular flexibility index (Phi) is 3.74. The Balaban J connectivity index is 1.81. The number of anilines is 1. The number of benzene rings is 1. The maximum absolute atomic E-state index is 4.34. The summed E-state index contributed by atoms with van der Waals surface area (Å²) in [6.45, 7) is 4.71. The third-order valence-corrected chi connectivity index (χ3v) is 5.25. The number of hydrogen-bond acceptors (Lipinski definition) is 3. The van der Waals surface area contributed by atoms with E-state index in [1.165, 1.54) is 23.6 Å². The van der Waals surface area contributed by atoms with Crippen LogP contribution < -0.4 is 5.32 Å². The average Bonchev–Trinajstić information content (AvgIpc) is 2.92. The van der Waals surface area contributed by atoms with Crippen molar-refractivity contribution in [3.8, 4) is 5.69 Å². The highest BCUT2D eigenvalue weighted by molar-refractivity contribution is 7.99. The molecule has 1 fully saturated rings. The second-order valence-corrected chi connectivity index (χ2v) is 7.22. The van der Waals surface area contributed by atoms with E-state index in [1.54, 1.807) is 0 Å². The molecule has 4 heteroatoms. The Morgan fingerprint density at radius 1 is 1.30 bits per heavy atom. The molecule has 1 aromatic carbocycles. The number of nitrogens with one attached hydrogen (secondary N) is 1. The van der Waals surface area contributed by atoms with Gasteiger partial charge in [0.05, 0.1) is 11.4 Å². The number of aromatic nitrogens is 2. The Morgan fingerprint density at radius 2 is 2.15 bits per heavy atom. The second-order valence-electron chi connectivity index (χ2n) is 6.19. The van der Waals surface area contributed by atoms with E-state index in [0.29, 0.717) is 11.5 Å². The third kappa shape index (κ3) is 3.01. The molecule has 106 valence electrons. The Labute approximate surface area is 124 Å². The van der Waals surface area contributed by atoms with Gasteiger partial charge in [-0.1, -0.05) is 26.0 Å². The van der Waals surface area contributed by atoms with Crippen LogP contribution in [0.25, 0.3) is 5.69 Å². The van der Waals surface area contributed by atoms with Crippen LogP contribution in [0.3, 0.4) is 0 Å². The highest BCUT2D eigenvalue weighted by Gasteiger charge is 2.28. The van der Waals surface area contributed by atoms with Crippen molar-refractivity contribution >= 4 is 17.4 Å². The van der Waals surface area contributed by atoms with Crippen LogP contribution in [0, 0.1) is 5.41 Å². The van der Waals surface area contributed by atoms with Crippen LogP contribution in [0.1, 0.15) is 20.3 Å². The lowest BCUT2D eigenvalue weighted by Gasteiger charge is -2.35. The zero-order valence-electron chi connectivity index (χ0n) is 12.0. The summed E-state index contributed by atoms with van der Waals surface area (Å²) in [6, 6.07) is 10.9. The van der Waals surface area contributed by atoms with E-state index < -0.39 is 0 Å². The van der Waals surface area contributed by atoms with E-state index in [1.807, 2.05) is 34.9 Å². The molecule has 20 heavy (non-hydrogen) atoms. The van der Waals surface area contributed by atoms with Crippen molar-refractivity contribution in [2.24, 2.45) is 5.41 Å². The molecule has 2 aromatic rings. The minimum absolute atomic E-state index is 0.418. The van der Waals surface area contributed by atoms with Gasteiger partial charge in [-0.15, -0.1) is 0 Å². The van der Waals surface area contributed by atoms with Crippen molar-refractivity contribution < 1.29 is 0 Å². The van der Waals surface area contributed by atoms with E-state index in [2.05, 4.69) is 48.5 Å². The van der Waals surface area contributed by atoms with Crippen LogP contribution in [0.4, 0.5) is 5.69 Å². The fourth-order valence-electron chi connectivity index (χ4n) is 2.78. The van der Waals surface area contributed by atoms with Crippen LogP contribution in [0.5, 0.6) is 0 Å². The van der Waals surface area contributed by atoms with Crippen molar-refractivity contribution in [3.05, 3.63) is 42.7 Å². The number of rotatable bonds is 3. The molecule has 2 heterocycles. The van der Waals surface area contributed by atoms with Gasteiger partial charge in [0.2, 0.25) is 0 Å². The van der Waals surface area contributed by atoms with Crippen molar-refractivity contribution in [2.75, 3.05) is 16.8 Å². The van der Waals surface area contributed by atoms with Gasteiger partial charge in [-0.2, -0.15) is 16.9 Å². The molecule has 1 aliphatic heterocycles. The molecular formula is C16H21N3S. The Morgan fingerprint density at radius 3 is 2.90 bits per heavy atom. The normalized spacial score (nSPS) is 21.6. The molecule has 1 unspecified atom stereocenters. The molecule has 1 N–H and O–H groups in total. The van der Waals surface area contributed by atoms with Crippen LogP contribution in [-0.4, -0.2) is 27.3 Å². The van der Waals surface area contributed by atoms with Crippen LogP contribution in [0.15, 0.2) is 42.7 Å². The van der Waals surface area contributed by atoms with Crippen molar-refractivity contribution in [3.63, 3.8) is 0 Å². The van der Waals surface area contributed by atoms with E-state index >= 15 is 0 Å². The number of hydrogen-bond donors (Lipinski definition) is 1. The maximum Gasteiger partial charge on any atom is 0.0876 e. The van der Waals surface area contributed by atoms with Crippen LogP contribution in [-0.2, 0) is 0 Å². The predicted octanol–water partition coefficient (Wildman–Crippen LogP) is 3.82. The quantitative estimate of drug-likeness (QED) is 0.931. The van der Waals surface area contributed by atoms with E-state index in [4.69, 9.17) is 0 Å². The average molecular weight is 287 g/mol. The lowest BCUT2D eigenvalue weighted by molar-refractivity contribution is 0.358. The number of nitrogens with zero attached hydrogens (tertiary/aromatic N) is 2. The smallest absolute Gasteiger partial charge is 0.0876 e. The van der Waals surface area contributed by atoms with Gasteiger partial charge in [0.1, 0.15) is 0 Å². The summed E-state index contributed by atoms with van der Waals surface area (Å²) in [5.74, 6) is 2.43. The van der Waals surface area contributed by atoms with Crippen molar-refractivity contribution in [1.82, 2.24) is 9.78 Å². The lowest BCUT2D eigenvalue weighted by atomic mass is 9.87. The highest BCUT2D eigenvalue weighted by Crippen LogP contribution is 2.35. The van der Waals surface area contributed by atoms with Gasteiger partial charge in [0.25, 0.3) is 0 Å². The topological polar surface area (TPSA) is 29.9 Å². The largest absolute Gasteiger partial charge is 0.380 e. The summed E-state index contributed by atoms with van der Waals surface area (Å²) in [4.78, 5) is 0. The standard InChI is InChI=1S/C16H21N3S/c1-16(2)10-13(11-20-12-16)18-14-6-3-4-7-15(14)19-9-5-8-17-19/h3-9,13,18H,10-12H2,1-2H3. The van der Waals surface area contributed by atoms with Crippen molar-refractivity contribution in [1.29, 1.82) is 0 Å². The molecule has 0 amide bonds. The van der Waals surface area contributed by atoms with Gasteiger partial charge < -0.3 is 5.32 Å². The molecule has 1 saturated heterocycles. The first-order valence-corrected chi connectivity index (χ1v) is 8.23. The van der Waals surface area contributed by atoms with Gasteiger partial charge in [-0.3, -0.25) is 0 Å². The molecule has 0 bridgehead atoms. The minimum atomic E-state index is 0.418. The molecule has 1 aliphatic rings. The monoisotopic (exact) mass is 287 g/mol. The Hall–Kier alpha value is -1.42. The second kappa shape index (κ2) is 5.52. The number of para-hydroxylation sites is 2. The van der Waals surface area contributed by atoms with Gasteiger partial charge >= 0.3 is 0 Å². The zero-order valence-corrected chi connectivity index (χ0v) is 12.9. The first kappa shape index (κ1) is 13.6. The summed E-state index contributed by atoms with van der Waals surface area (Å²) in [5.41, 5.74) is 2.70. The van der Waals surface area contributed by atoms with E-state index in [9.17, 15) is 0 Å². The predicted molar refractivity (Wildman–Crippen MR) is 86.7 cm³/mol. The van der Waals surface area contributed by atoms with E-state index in [0.717, 1.165) is 5.69 Å². The molecule has 0 spiro atoms. The molecule has 3 nitrogen and oxygen atoms in total. The van der Waals surface area contributed by atoms with Gasteiger partial charge in [-0.25, -0.2) is 4.68 Å². The summed E-state index contributed by atoms with van der Waals surface area (Å²) in [5, 5.41) is 8.05. The van der Waals surface area contributed by atoms with Crippen LogP contribution >= 0.6 is 11.8 Å². The lowest BCUT2D eigenvalue weighted by Crippen LogP contribution is -2.35. The number of thioether (sulfide) groups is 1. The summed E-state index contributed by atoms with van der Waals surface area (Å²) in [7, 11) is 0. The molecule has 1 atom stereocenters. The first-order chi connectivity index (χ1) is 9.64. The van der Waals surface area contributed by atoms with Gasteiger partial charge in [0.15, 0.2) is 0 Å². The minimum Gasteiger partial charge on any atom is -0.380 e. The zero-order chi connectivity index (χ0) is 14.0. The fraction of sp³-hybridized carbons (Fsp3) is 0.438. The van der Waals surface area contributed by atoms with E-state index in [-0.39, 0.29) is 0 Å². The molecular weight excluding hydrogens is 266 g/mol. The van der Waals surface area contributed by atoms with Gasteiger partial charge in [-0.05, 0) is 35.8 Å². The molecule has 0 aliphatic carbocycles. The Bertz CT molecular complexity index is 563. The maximum atomic E-state index is 4.34. The SMILES string of the molecule is CC1(C)CSCC(Nc2ccccc2-n2cccn2)C1. The molecule has 0 saturated carbocycles. The molecule has 0 radical (unpaired) electrons. The summed E-state index contributed by atoms with van der Waals surface area (Å²) < 4.78 is 1.92. The third-order valence-electron chi connectivity index (χ3n) is 3.63.